The molecule has 3 aliphatic rings. The fraction of sp³-hybridized carbons (Fsp3) is 0.321. The van der Waals surface area contributed by atoms with E-state index in [2.05, 4.69) is 12.0 Å². The SMILES string of the molecule is C=COc1cc(OC)c2c(c1)OC1(c3ccc(OC)cc3)[C@H](C3C=CC=CC3)[C@@H](C(=O)NN)[C@@H](O)[C@@]21O. The number of hydrogen-bond donors (Lipinski definition) is 4. The van der Waals surface area contributed by atoms with Crippen molar-refractivity contribution in [2.24, 2.45) is 23.6 Å². The van der Waals surface area contributed by atoms with Crippen LogP contribution in [0, 0.1) is 17.8 Å². The summed E-state index contributed by atoms with van der Waals surface area (Å²) in [5, 5.41) is 24.6. The molecule has 194 valence electrons. The third-order valence-corrected chi connectivity index (χ3v) is 7.76. The standard InChI is InChI=1S/C28H30N2O7/c1-4-36-19-14-20(35-3)24-21(15-19)37-28(17-10-12-18(34-2)13-11-17)23(16-8-6-5-7-9-16)22(26(32)30-29)25(31)27(24,28)33/h4-8,10-16,22-23,25,31,33H,1,9,29H2,2-3H3,(H,30,32)/t16?,22-,23-,25-,27+,28?/m1/s1. The van der Waals surface area contributed by atoms with Crippen LogP contribution in [0.4, 0.5) is 0 Å². The summed E-state index contributed by atoms with van der Waals surface area (Å²) in [5.74, 6) is 4.35. The summed E-state index contributed by atoms with van der Waals surface area (Å²) in [6.45, 7) is 3.60. The van der Waals surface area contributed by atoms with Crippen LogP contribution in [0.25, 0.3) is 0 Å². The molecule has 9 nitrogen and oxygen atoms in total. The number of benzene rings is 2. The number of nitrogens with one attached hydrogen (secondary N) is 1. The van der Waals surface area contributed by atoms with Gasteiger partial charge in [-0.1, -0.05) is 43.0 Å². The Morgan fingerprint density at radius 3 is 2.54 bits per heavy atom. The Morgan fingerprint density at radius 2 is 1.95 bits per heavy atom. The van der Waals surface area contributed by atoms with Crippen LogP contribution in [-0.2, 0) is 16.0 Å². The Morgan fingerprint density at radius 1 is 1.19 bits per heavy atom. The second kappa shape index (κ2) is 9.26. The Bertz CT molecular complexity index is 1270. The van der Waals surface area contributed by atoms with E-state index >= 15 is 0 Å². The molecule has 5 rings (SSSR count). The predicted octanol–water partition coefficient (Wildman–Crippen LogP) is 2.43. The summed E-state index contributed by atoms with van der Waals surface area (Å²) in [5.41, 5.74) is -0.722. The molecule has 1 heterocycles. The average Bonchev–Trinajstić information content (AvgIpc) is 3.31. The smallest absolute Gasteiger partial charge is 0.240 e. The van der Waals surface area contributed by atoms with Gasteiger partial charge >= 0.3 is 0 Å². The van der Waals surface area contributed by atoms with E-state index in [0.29, 0.717) is 23.5 Å². The van der Waals surface area contributed by atoms with Crippen molar-refractivity contribution in [3.63, 3.8) is 0 Å². The second-order valence-electron chi connectivity index (χ2n) is 9.33. The number of aliphatic hydroxyl groups is 2. The molecule has 2 aliphatic carbocycles. The number of allylic oxidation sites excluding steroid dienone is 4. The zero-order chi connectivity index (χ0) is 26.4. The van der Waals surface area contributed by atoms with Gasteiger partial charge in [0.2, 0.25) is 5.91 Å². The Hall–Kier alpha value is -3.79. The first-order valence-electron chi connectivity index (χ1n) is 11.9. The summed E-state index contributed by atoms with van der Waals surface area (Å²) in [6.07, 6.45) is 7.98. The van der Waals surface area contributed by atoms with Crippen LogP contribution in [-0.4, -0.2) is 36.4 Å². The van der Waals surface area contributed by atoms with Gasteiger partial charge in [-0.05, 0) is 30.0 Å². The first kappa shape index (κ1) is 24.9. The van der Waals surface area contributed by atoms with Gasteiger partial charge in [-0.25, -0.2) is 5.84 Å². The minimum atomic E-state index is -2.09. The molecule has 1 fully saturated rings. The third kappa shape index (κ3) is 3.38. The molecule has 1 aliphatic heterocycles. The van der Waals surface area contributed by atoms with Gasteiger partial charge in [0.1, 0.15) is 29.1 Å². The highest BCUT2D eigenvalue weighted by atomic mass is 16.5. The topological polar surface area (TPSA) is 132 Å². The van der Waals surface area contributed by atoms with E-state index in [1.54, 1.807) is 43.5 Å². The molecule has 0 bridgehead atoms. The van der Waals surface area contributed by atoms with Crippen LogP contribution in [0.2, 0.25) is 0 Å². The molecular formula is C28H30N2O7. The van der Waals surface area contributed by atoms with Crippen LogP contribution in [0.5, 0.6) is 23.0 Å². The summed E-state index contributed by atoms with van der Waals surface area (Å²) in [4.78, 5) is 13.2. The van der Waals surface area contributed by atoms with Crippen molar-refractivity contribution in [1.82, 2.24) is 5.43 Å². The summed E-state index contributed by atoms with van der Waals surface area (Å²) in [6, 6.07) is 10.2. The molecule has 2 unspecified atom stereocenters. The second-order valence-corrected chi connectivity index (χ2v) is 9.33. The van der Waals surface area contributed by atoms with Crippen LogP contribution >= 0.6 is 0 Å². The number of methoxy groups -OCH3 is 2. The van der Waals surface area contributed by atoms with Gasteiger partial charge in [0.05, 0.1) is 32.0 Å². The maximum atomic E-state index is 13.2. The fourth-order valence-corrected chi connectivity index (χ4v) is 6.33. The van der Waals surface area contributed by atoms with E-state index < -0.39 is 35.0 Å². The van der Waals surface area contributed by atoms with E-state index in [0.717, 1.165) is 0 Å². The number of ether oxygens (including phenoxy) is 4. The Kier molecular flexibility index (Phi) is 6.23. The van der Waals surface area contributed by atoms with Crippen molar-refractivity contribution < 1.29 is 34.0 Å². The molecule has 0 radical (unpaired) electrons. The summed E-state index contributed by atoms with van der Waals surface area (Å²) in [7, 11) is 3.00. The van der Waals surface area contributed by atoms with E-state index in [1.807, 2.05) is 24.3 Å². The number of carbonyl (C=O) groups excluding carboxylic acids is 1. The average molecular weight is 507 g/mol. The molecule has 1 saturated carbocycles. The first-order chi connectivity index (χ1) is 17.9. The Labute approximate surface area is 214 Å². The molecule has 0 saturated heterocycles. The van der Waals surface area contributed by atoms with Crippen LogP contribution in [0.3, 0.4) is 0 Å². The van der Waals surface area contributed by atoms with Crippen molar-refractivity contribution in [3.8, 4) is 23.0 Å². The molecule has 0 spiro atoms. The molecule has 6 atom stereocenters. The van der Waals surface area contributed by atoms with E-state index in [4.69, 9.17) is 24.8 Å². The zero-order valence-electron chi connectivity index (χ0n) is 20.6. The summed E-state index contributed by atoms with van der Waals surface area (Å²) >= 11 is 0. The van der Waals surface area contributed by atoms with Gasteiger partial charge in [0, 0.05) is 18.1 Å². The molecule has 1 amide bonds. The van der Waals surface area contributed by atoms with Gasteiger partial charge in [0.15, 0.2) is 11.2 Å². The van der Waals surface area contributed by atoms with Crippen LogP contribution in [0.1, 0.15) is 17.5 Å². The molecule has 2 aromatic rings. The largest absolute Gasteiger partial charge is 0.497 e. The monoisotopic (exact) mass is 506 g/mol. The maximum Gasteiger partial charge on any atom is 0.240 e. The number of hydrazine groups is 1. The van der Waals surface area contributed by atoms with Gasteiger partial charge < -0.3 is 29.2 Å². The molecular weight excluding hydrogens is 476 g/mol. The lowest BCUT2D eigenvalue weighted by Crippen LogP contribution is -2.53. The lowest BCUT2D eigenvalue weighted by atomic mass is 9.67. The molecule has 37 heavy (non-hydrogen) atoms. The van der Waals surface area contributed by atoms with E-state index in [-0.39, 0.29) is 23.0 Å². The van der Waals surface area contributed by atoms with Gasteiger partial charge in [-0.2, -0.15) is 0 Å². The van der Waals surface area contributed by atoms with Crippen molar-refractivity contribution in [2.45, 2.75) is 23.7 Å². The highest BCUT2D eigenvalue weighted by Crippen LogP contribution is 2.69. The number of hydrogen-bond acceptors (Lipinski definition) is 8. The van der Waals surface area contributed by atoms with Crippen LogP contribution < -0.4 is 30.2 Å². The predicted molar refractivity (Wildman–Crippen MR) is 135 cm³/mol. The third-order valence-electron chi connectivity index (χ3n) is 7.76. The molecule has 9 heteroatoms. The zero-order valence-corrected chi connectivity index (χ0v) is 20.6. The van der Waals surface area contributed by atoms with Gasteiger partial charge in [0.25, 0.3) is 0 Å². The summed E-state index contributed by atoms with van der Waals surface area (Å²) < 4.78 is 23.2. The van der Waals surface area contributed by atoms with Crippen molar-refractivity contribution in [3.05, 3.63) is 84.7 Å². The minimum absolute atomic E-state index is 0.224. The highest BCUT2D eigenvalue weighted by molar-refractivity contribution is 5.81. The van der Waals surface area contributed by atoms with E-state index in [9.17, 15) is 15.0 Å². The molecule has 5 N–H and O–H groups in total. The number of carbonyl (C=O) groups is 1. The van der Waals surface area contributed by atoms with Crippen molar-refractivity contribution >= 4 is 5.91 Å². The van der Waals surface area contributed by atoms with Crippen molar-refractivity contribution in [1.29, 1.82) is 0 Å². The number of rotatable bonds is 7. The normalized spacial score (nSPS) is 31.2. The van der Waals surface area contributed by atoms with E-state index in [1.165, 1.54) is 13.4 Å². The lowest BCUT2D eigenvalue weighted by Gasteiger charge is -2.43. The van der Waals surface area contributed by atoms with Gasteiger partial charge in [-0.15, -0.1) is 0 Å². The maximum absolute atomic E-state index is 13.2. The van der Waals surface area contributed by atoms with Crippen molar-refractivity contribution in [2.75, 3.05) is 14.2 Å². The Balaban J connectivity index is 1.83. The lowest BCUT2D eigenvalue weighted by molar-refractivity contribution is -0.161. The minimum Gasteiger partial charge on any atom is -0.497 e. The number of fused-ring (bicyclic) bond motifs is 3. The van der Waals surface area contributed by atoms with Gasteiger partial charge in [-0.3, -0.25) is 10.2 Å². The number of amides is 1. The fourth-order valence-electron chi connectivity index (χ4n) is 6.33. The number of nitrogens with two attached hydrogens (primary N) is 1. The highest BCUT2D eigenvalue weighted by Gasteiger charge is 2.78. The quantitative estimate of drug-likeness (QED) is 0.195. The molecule has 2 aromatic carbocycles. The number of aliphatic hydroxyl groups excluding tert-OH is 1. The first-order valence-corrected chi connectivity index (χ1v) is 11.9. The van der Waals surface area contributed by atoms with Crippen LogP contribution in [0.15, 0.2) is 73.5 Å². The molecule has 0 aromatic heterocycles.